The number of primary amides is 1. The van der Waals surface area contributed by atoms with Crippen LogP contribution in [-0.2, 0) is 4.79 Å². The van der Waals surface area contributed by atoms with Crippen molar-refractivity contribution in [3.8, 4) is 0 Å². The zero-order valence-electron chi connectivity index (χ0n) is 8.84. The molecule has 1 heterocycles. The fraction of sp³-hybridized carbons (Fsp3) is 0.900. The number of hydrogen-bond acceptors (Lipinski definition) is 2. The van der Waals surface area contributed by atoms with Gasteiger partial charge in [-0.25, -0.2) is 0 Å². The minimum absolute atomic E-state index is 0.176. The van der Waals surface area contributed by atoms with Crippen LogP contribution in [0.5, 0.6) is 0 Å². The summed E-state index contributed by atoms with van der Waals surface area (Å²) in [6.45, 7) is 5.62. The highest BCUT2D eigenvalue weighted by atomic mass is 16.1. The third-order valence-corrected chi connectivity index (χ3v) is 3.54. The van der Waals surface area contributed by atoms with Crippen LogP contribution in [0.3, 0.4) is 0 Å². The van der Waals surface area contributed by atoms with Crippen LogP contribution >= 0.6 is 0 Å². The molecule has 0 aliphatic carbocycles. The zero-order chi connectivity index (χ0) is 10.1. The van der Waals surface area contributed by atoms with Crippen LogP contribution in [0.1, 0.15) is 33.1 Å². The van der Waals surface area contributed by atoms with Crippen molar-refractivity contribution in [2.45, 2.75) is 38.6 Å². The molecule has 0 spiro atoms. The van der Waals surface area contributed by atoms with E-state index in [0.717, 1.165) is 13.0 Å². The lowest BCUT2D eigenvalue weighted by atomic mass is 9.85. The molecule has 0 saturated carbocycles. The second kappa shape index (κ2) is 3.66. The van der Waals surface area contributed by atoms with E-state index in [2.05, 4.69) is 25.8 Å². The van der Waals surface area contributed by atoms with E-state index in [1.165, 1.54) is 6.42 Å². The van der Waals surface area contributed by atoms with E-state index in [-0.39, 0.29) is 11.4 Å². The Bertz CT molecular complexity index is 201. The molecule has 0 aromatic carbocycles. The molecular weight excluding hydrogens is 164 g/mol. The lowest BCUT2D eigenvalue weighted by Gasteiger charge is -2.33. The molecule has 1 aliphatic heterocycles. The summed E-state index contributed by atoms with van der Waals surface area (Å²) in [7, 11) is 2.14. The van der Waals surface area contributed by atoms with E-state index in [9.17, 15) is 4.79 Å². The van der Waals surface area contributed by atoms with Crippen LogP contribution in [0.2, 0.25) is 0 Å². The molecule has 1 rings (SSSR count). The molecule has 0 aromatic rings. The molecule has 76 valence electrons. The van der Waals surface area contributed by atoms with Gasteiger partial charge in [0.05, 0.1) is 0 Å². The Hall–Kier alpha value is -0.570. The Labute approximate surface area is 80.3 Å². The van der Waals surface area contributed by atoms with Gasteiger partial charge in [0.2, 0.25) is 5.91 Å². The van der Waals surface area contributed by atoms with Crippen molar-refractivity contribution in [1.29, 1.82) is 0 Å². The summed E-state index contributed by atoms with van der Waals surface area (Å²) in [5.74, 6) is 0.440. The Morgan fingerprint density at radius 1 is 1.62 bits per heavy atom. The maximum atomic E-state index is 10.7. The van der Waals surface area contributed by atoms with Gasteiger partial charge in [-0.15, -0.1) is 0 Å². The highest BCUT2D eigenvalue weighted by molar-refractivity contribution is 5.73. The van der Waals surface area contributed by atoms with Crippen molar-refractivity contribution in [2.24, 2.45) is 11.7 Å². The smallest absolute Gasteiger partial charge is 0.217 e. The summed E-state index contributed by atoms with van der Waals surface area (Å²) >= 11 is 0. The summed E-state index contributed by atoms with van der Waals surface area (Å²) in [5, 5.41) is 0. The average molecular weight is 184 g/mol. The number of amides is 1. The predicted octanol–water partition coefficient (Wildman–Crippen LogP) is 0.982. The van der Waals surface area contributed by atoms with Gasteiger partial charge in [0.15, 0.2) is 0 Å². The number of carbonyl (C=O) groups excluding carboxylic acids is 1. The average Bonchev–Trinajstić information content (AvgIpc) is 2.25. The van der Waals surface area contributed by atoms with Gasteiger partial charge in [-0.1, -0.05) is 0 Å². The SMILES string of the molecule is CN1CC[C@@H](CCC(N)=O)C1(C)C. The van der Waals surface area contributed by atoms with E-state index in [1.807, 2.05) is 0 Å². The summed E-state index contributed by atoms with van der Waals surface area (Å²) in [5.41, 5.74) is 5.37. The topological polar surface area (TPSA) is 46.3 Å². The third kappa shape index (κ3) is 2.21. The lowest BCUT2D eigenvalue weighted by Crippen LogP contribution is -2.39. The van der Waals surface area contributed by atoms with Crippen LogP contribution in [0.25, 0.3) is 0 Å². The minimum Gasteiger partial charge on any atom is -0.370 e. The number of nitrogens with two attached hydrogens (primary N) is 1. The molecule has 0 unspecified atom stereocenters. The first kappa shape index (κ1) is 10.5. The molecule has 3 nitrogen and oxygen atoms in total. The van der Waals surface area contributed by atoms with Crippen LogP contribution < -0.4 is 5.73 Å². The second-order valence-corrected chi connectivity index (χ2v) is 4.57. The molecule has 2 N–H and O–H groups in total. The number of nitrogens with zero attached hydrogens (tertiary/aromatic N) is 1. The van der Waals surface area contributed by atoms with Gasteiger partial charge in [0.25, 0.3) is 0 Å². The van der Waals surface area contributed by atoms with E-state index in [4.69, 9.17) is 5.73 Å². The van der Waals surface area contributed by atoms with Crippen molar-refractivity contribution in [1.82, 2.24) is 4.90 Å². The van der Waals surface area contributed by atoms with Crippen LogP contribution in [-0.4, -0.2) is 29.9 Å². The van der Waals surface area contributed by atoms with E-state index in [0.29, 0.717) is 12.3 Å². The van der Waals surface area contributed by atoms with Gasteiger partial charge < -0.3 is 10.6 Å². The highest BCUT2D eigenvalue weighted by Gasteiger charge is 2.38. The minimum atomic E-state index is -0.176. The molecule has 1 amide bonds. The molecular formula is C10H20N2O. The molecule has 1 fully saturated rings. The lowest BCUT2D eigenvalue weighted by molar-refractivity contribution is -0.118. The van der Waals surface area contributed by atoms with Crippen molar-refractivity contribution in [2.75, 3.05) is 13.6 Å². The first-order chi connectivity index (χ1) is 5.94. The molecule has 0 bridgehead atoms. The number of likely N-dealkylation sites (tertiary alicyclic amines) is 1. The zero-order valence-corrected chi connectivity index (χ0v) is 8.84. The summed E-state index contributed by atoms with van der Waals surface area (Å²) in [6, 6.07) is 0. The van der Waals surface area contributed by atoms with Gasteiger partial charge >= 0.3 is 0 Å². The normalized spacial score (nSPS) is 27.8. The monoisotopic (exact) mass is 184 g/mol. The van der Waals surface area contributed by atoms with Crippen LogP contribution in [0.15, 0.2) is 0 Å². The molecule has 1 atom stereocenters. The Balaban J connectivity index is 2.47. The predicted molar refractivity (Wildman–Crippen MR) is 53.2 cm³/mol. The largest absolute Gasteiger partial charge is 0.370 e. The summed E-state index contributed by atoms with van der Waals surface area (Å²) in [6.07, 6.45) is 2.66. The maximum absolute atomic E-state index is 10.7. The van der Waals surface area contributed by atoms with Crippen molar-refractivity contribution in [3.05, 3.63) is 0 Å². The number of rotatable bonds is 3. The summed E-state index contributed by atoms with van der Waals surface area (Å²) in [4.78, 5) is 13.0. The Morgan fingerprint density at radius 2 is 2.23 bits per heavy atom. The van der Waals surface area contributed by atoms with E-state index >= 15 is 0 Å². The fourth-order valence-corrected chi connectivity index (χ4v) is 2.12. The Morgan fingerprint density at radius 3 is 2.62 bits per heavy atom. The molecule has 0 radical (unpaired) electrons. The maximum Gasteiger partial charge on any atom is 0.217 e. The van der Waals surface area contributed by atoms with Crippen LogP contribution in [0.4, 0.5) is 0 Å². The van der Waals surface area contributed by atoms with Gasteiger partial charge in [-0.3, -0.25) is 4.79 Å². The highest BCUT2D eigenvalue weighted by Crippen LogP contribution is 2.35. The first-order valence-electron chi connectivity index (χ1n) is 4.94. The van der Waals surface area contributed by atoms with E-state index < -0.39 is 0 Å². The Kier molecular flexibility index (Phi) is 2.96. The van der Waals surface area contributed by atoms with Crippen LogP contribution in [0, 0.1) is 5.92 Å². The molecule has 13 heavy (non-hydrogen) atoms. The van der Waals surface area contributed by atoms with Crippen molar-refractivity contribution < 1.29 is 4.79 Å². The number of carbonyl (C=O) groups is 1. The molecule has 3 heteroatoms. The molecule has 1 saturated heterocycles. The van der Waals surface area contributed by atoms with Crippen molar-refractivity contribution >= 4 is 5.91 Å². The first-order valence-corrected chi connectivity index (χ1v) is 4.94. The molecule has 1 aliphatic rings. The fourth-order valence-electron chi connectivity index (χ4n) is 2.12. The van der Waals surface area contributed by atoms with E-state index in [1.54, 1.807) is 0 Å². The third-order valence-electron chi connectivity index (χ3n) is 3.54. The van der Waals surface area contributed by atoms with Gasteiger partial charge in [-0.2, -0.15) is 0 Å². The van der Waals surface area contributed by atoms with Gasteiger partial charge in [-0.05, 0) is 46.2 Å². The quantitative estimate of drug-likeness (QED) is 0.710. The van der Waals surface area contributed by atoms with Crippen molar-refractivity contribution in [3.63, 3.8) is 0 Å². The molecule has 0 aromatic heterocycles. The number of hydrogen-bond donors (Lipinski definition) is 1. The standard InChI is InChI=1S/C10H20N2O/c1-10(2)8(4-5-9(11)13)6-7-12(10)3/h8H,4-7H2,1-3H3,(H2,11,13)/t8-/m1/s1. The second-order valence-electron chi connectivity index (χ2n) is 4.57. The van der Waals surface area contributed by atoms with Gasteiger partial charge in [0.1, 0.15) is 0 Å². The van der Waals surface area contributed by atoms with Gasteiger partial charge in [0, 0.05) is 12.0 Å². The summed E-state index contributed by atoms with van der Waals surface area (Å²) < 4.78 is 0.